The first kappa shape index (κ1) is 10.5. The third kappa shape index (κ3) is 1.72. The Labute approximate surface area is 93.9 Å². The summed E-state index contributed by atoms with van der Waals surface area (Å²) in [5.41, 5.74) is 8.20. The van der Waals surface area contributed by atoms with Crippen molar-refractivity contribution in [2.75, 3.05) is 0 Å². The molecule has 2 aromatic rings. The monoisotopic (exact) mass is 215 g/mol. The van der Waals surface area contributed by atoms with Crippen molar-refractivity contribution >= 4 is 5.91 Å². The van der Waals surface area contributed by atoms with Gasteiger partial charge in [0.05, 0.1) is 6.26 Å². The Hall–Kier alpha value is -2.03. The van der Waals surface area contributed by atoms with E-state index in [2.05, 4.69) is 6.92 Å². The van der Waals surface area contributed by atoms with Gasteiger partial charge in [-0.05, 0) is 23.6 Å². The number of aryl methyl sites for hydroxylation is 1. The van der Waals surface area contributed by atoms with Gasteiger partial charge in [0.2, 0.25) is 0 Å². The van der Waals surface area contributed by atoms with Crippen molar-refractivity contribution in [2.24, 2.45) is 5.73 Å². The van der Waals surface area contributed by atoms with Gasteiger partial charge in [-0.3, -0.25) is 4.79 Å². The largest absolute Gasteiger partial charge is 0.459 e. The zero-order valence-corrected chi connectivity index (χ0v) is 9.07. The summed E-state index contributed by atoms with van der Waals surface area (Å²) in [5.74, 6) is -0.313. The van der Waals surface area contributed by atoms with E-state index in [9.17, 15) is 4.79 Å². The second-order valence-corrected chi connectivity index (χ2v) is 3.54. The number of furan rings is 1. The summed E-state index contributed by atoms with van der Waals surface area (Å²) in [7, 11) is 0. The molecule has 0 atom stereocenters. The van der Waals surface area contributed by atoms with Crippen molar-refractivity contribution in [2.45, 2.75) is 13.3 Å². The summed E-state index contributed by atoms with van der Waals surface area (Å²) in [6.07, 6.45) is 2.39. The Morgan fingerprint density at radius 2 is 2.00 bits per heavy atom. The van der Waals surface area contributed by atoms with E-state index in [1.807, 2.05) is 24.3 Å². The van der Waals surface area contributed by atoms with Crippen LogP contribution in [0.5, 0.6) is 0 Å². The SMILES string of the molecule is CCc1ccccc1-c1ccoc1C(N)=O. The van der Waals surface area contributed by atoms with E-state index in [0.29, 0.717) is 0 Å². The molecular weight excluding hydrogens is 202 g/mol. The molecule has 0 radical (unpaired) electrons. The smallest absolute Gasteiger partial charge is 0.285 e. The molecule has 0 bridgehead atoms. The van der Waals surface area contributed by atoms with E-state index in [-0.39, 0.29) is 5.76 Å². The number of rotatable bonds is 3. The van der Waals surface area contributed by atoms with Crippen molar-refractivity contribution in [1.82, 2.24) is 0 Å². The molecule has 1 amide bonds. The second-order valence-electron chi connectivity index (χ2n) is 3.54. The second kappa shape index (κ2) is 4.23. The molecule has 0 aliphatic heterocycles. The van der Waals surface area contributed by atoms with Crippen LogP contribution >= 0.6 is 0 Å². The van der Waals surface area contributed by atoms with E-state index in [4.69, 9.17) is 10.2 Å². The van der Waals surface area contributed by atoms with Crippen molar-refractivity contribution in [3.05, 3.63) is 47.9 Å². The molecule has 0 unspecified atom stereocenters. The molecule has 0 spiro atoms. The van der Waals surface area contributed by atoms with Crippen LogP contribution in [0, 0.1) is 0 Å². The Balaban J connectivity index is 2.58. The summed E-state index contributed by atoms with van der Waals surface area (Å²) in [4.78, 5) is 11.2. The topological polar surface area (TPSA) is 56.2 Å². The minimum Gasteiger partial charge on any atom is -0.459 e. The third-order valence-electron chi connectivity index (χ3n) is 2.58. The maximum atomic E-state index is 11.2. The van der Waals surface area contributed by atoms with Gasteiger partial charge in [-0.1, -0.05) is 31.2 Å². The van der Waals surface area contributed by atoms with Gasteiger partial charge in [-0.15, -0.1) is 0 Å². The van der Waals surface area contributed by atoms with Gasteiger partial charge in [-0.2, -0.15) is 0 Å². The zero-order valence-electron chi connectivity index (χ0n) is 9.07. The summed E-state index contributed by atoms with van der Waals surface area (Å²) in [5, 5.41) is 0. The van der Waals surface area contributed by atoms with Crippen LogP contribution in [-0.4, -0.2) is 5.91 Å². The number of hydrogen-bond acceptors (Lipinski definition) is 2. The van der Waals surface area contributed by atoms with E-state index in [0.717, 1.165) is 17.5 Å². The van der Waals surface area contributed by atoms with Crippen LogP contribution in [0.2, 0.25) is 0 Å². The van der Waals surface area contributed by atoms with E-state index < -0.39 is 5.91 Å². The molecule has 0 saturated heterocycles. The lowest BCUT2D eigenvalue weighted by Crippen LogP contribution is -2.11. The average Bonchev–Trinajstić information content (AvgIpc) is 2.77. The van der Waals surface area contributed by atoms with Gasteiger partial charge in [0.25, 0.3) is 5.91 Å². The Kier molecular flexibility index (Phi) is 2.77. The lowest BCUT2D eigenvalue weighted by molar-refractivity contribution is 0.0975. The maximum absolute atomic E-state index is 11.2. The van der Waals surface area contributed by atoms with Crippen molar-refractivity contribution in [3.63, 3.8) is 0 Å². The number of hydrogen-bond donors (Lipinski definition) is 1. The third-order valence-corrected chi connectivity index (χ3v) is 2.58. The first-order valence-electron chi connectivity index (χ1n) is 5.19. The Morgan fingerprint density at radius 3 is 2.69 bits per heavy atom. The van der Waals surface area contributed by atoms with Gasteiger partial charge in [0.15, 0.2) is 5.76 Å². The first-order valence-corrected chi connectivity index (χ1v) is 5.19. The minimum atomic E-state index is -0.536. The van der Waals surface area contributed by atoms with Gasteiger partial charge in [0.1, 0.15) is 0 Å². The Morgan fingerprint density at radius 1 is 1.25 bits per heavy atom. The normalized spacial score (nSPS) is 10.3. The summed E-state index contributed by atoms with van der Waals surface area (Å²) >= 11 is 0. The number of primary amides is 1. The Bertz CT molecular complexity index is 514. The maximum Gasteiger partial charge on any atom is 0.285 e. The van der Waals surface area contributed by atoms with E-state index in [1.54, 1.807) is 6.07 Å². The fourth-order valence-electron chi connectivity index (χ4n) is 1.80. The number of benzene rings is 1. The lowest BCUT2D eigenvalue weighted by Gasteiger charge is -2.06. The standard InChI is InChI=1S/C13H13NO2/c1-2-9-5-3-4-6-10(9)11-7-8-16-12(11)13(14)15/h3-8H,2H2,1H3,(H2,14,15). The van der Waals surface area contributed by atoms with E-state index >= 15 is 0 Å². The molecule has 3 heteroatoms. The molecule has 2 N–H and O–H groups in total. The number of nitrogens with two attached hydrogens (primary N) is 1. The molecular formula is C13H13NO2. The summed E-state index contributed by atoms with van der Waals surface area (Å²) in [6.45, 7) is 2.07. The van der Waals surface area contributed by atoms with Crippen LogP contribution in [0.3, 0.4) is 0 Å². The fraction of sp³-hybridized carbons (Fsp3) is 0.154. The summed E-state index contributed by atoms with van der Waals surface area (Å²) in [6, 6.07) is 9.69. The number of carbonyl (C=O) groups is 1. The minimum absolute atomic E-state index is 0.223. The van der Waals surface area contributed by atoms with Crippen LogP contribution in [0.25, 0.3) is 11.1 Å². The molecule has 1 aromatic carbocycles. The summed E-state index contributed by atoms with van der Waals surface area (Å²) < 4.78 is 5.11. The van der Waals surface area contributed by atoms with Crippen molar-refractivity contribution < 1.29 is 9.21 Å². The molecule has 0 aliphatic carbocycles. The van der Waals surface area contributed by atoms with E-state index in [1.165, 1.54) is 11.8 Å². The quantitative estimate of drug-likeness (QED) is 0.855. The first-order chi connectivity index (χ1) is 7.74. The molecule has 2 rings (SSSR count). The van der Waals surface area contributed by atoms with Gasteiger partial charge < -0.3 is 10.2 Å². The van der Waals surface area contributed by atoms with Gasteiger partial charge >= 0.3 is 0 Å². The lowest BCUT2D eigenvalue weighted by atomic mass is 9.98. The van der Waals surface area contributed by atoms with Crippen molar-refractivity contribution in [1.29, 1.82) is 0 Å². The molecule has 0 aliphatic rings. The molecule has 1 aromatic heterocycles. The van der Waals surface area contributed by atoms with Crippen LogP contribution in [0.1, 0.15) is 23.0 Å². The van der Waals surface area contributed by atoms with Crippen LogP contribution < -0.4 is 5.73 Å². The fourth-order valence-corrected chi connectivity index (χ4v) is 1.80. The predicted octanol–water partition coefficient (Wildman–Crippen LogP) is 2.61. The number of carbonyl (C=O) groups excluding carboxylic acids is 1. The molecule has 0 saturated carbocycles. The number of amides is 1. The van der Waals surface area contributed by atoms with Crippen molar-refractivity contribution in [3.8, 4) is 11.1 Å². The molecule has 1 heterocycles. The molecule has 0 fully saturated rings. The highest BCUT2D eigenvalue weighted by molar-refractivity contribution is 5.97. The highest BCUT2D eigenvalue weighted by atomic mass is 16.3. The van der Waals surface area contributed by atoms with Crippen LogP contribution in [0.4, 0.5) is 0 Å². The van der Waals surface area contributed by atoms with Gasteiger partial charge in [0, 0.05) is 5.56 Å². The van der Waals surface area contributed by atoms with Crippen LogP contribution in [0.15, 0.2) is 41.0 Å². The van der Waals surface area contributed by atoms with Gasteiger partial charge in [-0.25, -0.2) is 0 Å². The zero-order chi connectivity index (χ0) is 11.5. The highest BCUT2D eigenvalue weighted by Crippen LogP contribution is 2.28. The highest BCUT2D eigenvalue weighted by Gasteiger charge is 2.15. The molecule has 3 nitrogen and oxygen atoms in total. The molecule has 16 heavy (non-hydrogen) atoms. The molecule has 82 valence electrons. The van der Waals surface area contributed by atoms with Crippen LogP contribution in [-0.2, 0) is 6.42 Å². The predicted molar refractivity (Wildman–Crippen MR) is 62.0 cm³/mol. The average molecular weight is 215 g/mol.